The van der Waals surface area contributed by atoms with E-state index in [0.717, 1.165) is 10.5 Å². The van der Waals surface area contributed by atoms with Gasteiger partial charge in [0.1, 0.15) is 16.5 Å². The van der Waals surface area contributed by atoms with Gasteiger partial charge in [-0.25, -0.2) is 9.88 Å². The number of carbonyl (C=O) groups is 3. The number of hydrogen-bond donors (Lipinski definition) is 2. The number of nitrogens with zero attached hydrogens (tertiary/aromatic N) is 2. The first kappa shape index (κ1) is 26.4. The normalized spacial score (nSPS) is 13.2. The Bertz CT molecular complexity index is 1600. The van der Waals surface area contributed by atoms with Crippen LogP contribution in [0, 0.1) is 0 Å². The van der Waals surface area contributed by atoms with Gasteiger partial charge in [0.15, 0.2) is 5.13 Å². The molecule has 3 amide bonds. The van der Waals surface area contributed by atoms with Crippen molar-refractivity contribution in [2.45, 2.75) is 6.92 Å². The summed E-state index contributed by atoms with van der Waals surface area (Å²) >= 11 is 13.5. The summed E-state index contributed by atoms with van der Waals surface area (Å²) in [6.45, 7) is 2.35. The molecule has 0 unspecified atom stereocenters. The van der Waals surface area contributed by atoms with E-state index in [9.17, 15) is 14.4 Å². The molecule has 0 radical (unpaired) electrons. The molecule has 0 atom stereocenters. The van der Waals surface area contributed by atoms with Gasteiger partial charge in [0.05, 0.1) is 18.0 Å². The zero-order chi connectivity index (χ0) is 27.5. The minimum Gasteiger partial charge on any atom is -0.494 e. The Hall–Kier alpha value is -4.18. The van der Waals surface area contributed by atoms with Crippen molar-refractivity contribution < 1.29 is 19.1 Å². The number of hydrogen-bond acceptors (Lipinski definition) is 7. The van der Waals surface area contributed by atoms with E-state index >= 15 is 0 Å². The summed E-state index contributed by atoms with van der Waals surface area (Å²) in [5.41, 5.74) is 2.60. The van der Waals surface area contributed by atoms with Gasteiger partial charge < -0.3 is 10.1 Å². The monoisotopic (exact) mass is 578 g/mol. The van der Waals surface area contributed by atoms with Crippen molar-refractivity contribution >= 4 is 68.8 Å². The topological polar surface area (TPSA) is 101 Å². The molecule has 0 spiro atoms. The molecule has 2 N–H and O–H groups in total. The number of imide groups is 1. The Labute approximate surface area is 237 Å². The molecule has 5 rings (SSSR count). The van der Waals surface area contributed by atoms with E-state index in [-0.39, 0.29) is 16.6 Å². The lowest BCUT2D eigenvalue weighted by molar-refractivity contribution is -0.120. The summed E-state index contributed by atoms with van der Waals surface area (Å²) in [4.78, 5) is 44.3. The summed E-state index contributed by atoms with van der Waals surface area (Å²) in [5, 5.41) is 8.32. The van der Waals surface area contributed by atoms with E-state index in [0.29, 0.717) is 45.1 Å². The number of halogens is 2. The van der Waals surface area contributed by atoms with E-state index in [1.54, 1.807) is 60.7 Å². The number of benzene rings is 3. The summed E-state index contributed by atoms with van der Waals surface area (Å²) < 4.78 is 5.41. The van der Waals surface area contributed by atoms with Crippen LogP contribution in [0.15, 0.2) is 88.9 Å². The third-order valence-corrected chi connectivity index (χ3v) is 7.05. The number of ether oxygens (including phenoxy) is 1. The number of aromatic nitrogens is 1. The average Bonchev–Trinajstić information content (AvgIpc) is 3.48. The largest absolute Gasteiger partial charge is 0.494 e. The van der Waals surface area contributed by atoms with Crippen molar-refractivity contribution in [2.24, 2.45) is 0 Å². The number of carbonyl (C=O) groups excluding carboxylic acids is 3. The van der Waals surface area contributed by atoms with Crippen LogP contribution in [0.5, 0.6) is 5.75 Å². The molecule has 0 fully saturated rings. The van der Waals surface area contributed by atoms with Gasteiger partial charge in [0.2, 0.25) is 0 Å². The highest BCUT2D eigenvalue weighted by atomic mass is 35.5. The maximum atomic E-state index is 13.1. The third-order valence-electron chi connectivity index (χ3n) is 5.69. The van der Waals surface area contributed by atoms with Gasteiger partial charge in [-0.1, -0.05) is 41.4 Å². The first-order valence-corrected chi connectivity index (χ1v) is 13.4. The van der Waals surface area contributed by atoms with Gasteiger partial charge in [0.25, 0.3) is 17.7 Å². The number of amides is 3. The Kier molecular flexibility index (Phi) is 7.65. The van der Waals surface area contributed by atoms with Crippen LogP contribution in [0.4, 0.5) is 16.5 Å². The number of anilines is 3. The van der Waals surface area contributed by atoms with Crippen LogP contribution in [-0.2, 0) is 9.59 Å². The standard InChI is InChI=1S/C28H20Cl2N4O4S/c1-2-38-21-12-10-20(11-13-21)34-26(36)23(30)24(27(34)37)31-19-5-3-4-17(14-19)25(35)33-28-32-22(15-39-28)16-6-8-18(29)9-7-16/h3-15,31H,2H2,1H3,(H,32,33,35). The van der Waals surface area contributed by atoms with Gasteiger partial charge >= 0.3 is 0 Å². The zero-order valence-corrected chi connectivity index (χ0v) is 22.7. The molecule has 2 heterocycles. The highest BCUT2D eigenvalue weighted by molar-refractivity contribution is 7.14. The van der Waals surface area contributed by atoms with E-state index in [4.69, 9.17) is 27.9 Å². The number of thiazole rings is 1. The highest BCUT2D eigenvalue weighted by Crippen LogP contribution is 2.31. The van der Waals surface area contributed by atoms with Crippen molar-refractivity contribution in [1.29, 1.82) is 0 Å². The quantitative estimate of drug-likeness (QED) is 0.230. The second kappa shape index (κ2) is 11.3. The maximum Gasteiger partial charge on any atom is 0.283 e. The summed E-state index contributed by atoms with van der Waals surface area (Å²) in [6.07, 6.45) is 0. The third kappa shape index (κ3) is 5.65. The molecular weight excluding hydrogens is 559 g/mol. The first-order valence-electron chi connectivity index (χ1n) is 11.8. The number of rotatable bonds is 8. The smallest absolute Gasteiger partial charge is 0.283 e. The highest BCUT2D eigenvalue weighted by Gasteiger charge is 2.39. The summed E-state index contributed by atoms with van der Waals surface area (Å²) in [7, 11) is 0. The fourth-order valence-electron chi connectivity index (χ4n) is 3.84. The van der Waals surface area contributed by atoms with E-state index < -0.39 is 11.8 Å². The molecule has 0 saturated carbocycles. The fourth-order valence-corrected chi connectivity index (χ4v) is 4.89. The summed E-state index contributed by atoms with van der Waals surface area (Å²) in [6, 6.07) is 20.3. The average molecular weight is 579 g/mol. The molecular formula is C28H20Cl2N4O4S. The van der Waals surface area contributed by atoms with Crippen LogP contribution in [0.1, 0.15) is 17.3 Å². The molecule has 0 aliphatic carbocycles. The SMILES string of the molecule is CCOc1ccc(N2C(=O)C(Cl)=C(Nc3cccc(C(=O)Nc4nc(-c5ccc(Cl)cc5)cs4)c3)C2=O)cc1. The van der Waals surface area contributed by atoms with E-state index in [1.807, 2.05) is 24.4 Å². The minimum atomic E-state index is -0.650. The Morgan fingerprint density at radius 2 is 1.74 bits per heavy atom. The van der Waals surface area contributed by atoms with Crippen molar-refractivity contribution in [3.8, 4) is 17.0 Å². The van der Waals surface area contributed by atoms with Crippen LogP contribution in [0.3, 0.4) is 0 Å². The molecule has 39 heavy (non-hydrogen) atoms. The Balaban J connectivity index is 1.29. The molecule has 4 aromatic rings. The van der Waals surface area contributed by atoms with Crippen LogP contribution in [0.2, 0.25) is 5.02 Å². The Morgan fingerprint density at radius 1 is 1.00 bits per heavy atom. The Morgan fingerprint density at radius 3 is 2.46 bits per heavy atom. The molecule has 3 aromatic carbocycles. The molecule has 1 aromatic heterocycles. The molecule has 1 aliphatic heterocycles. The maximum absolute atomic E-state index is 13.1. The second-order valence-corrected chi connectivity index (χ2v) is 9.94. The summed E-state index contributed by atoms with van der Waals surface area (Å²) in [5.74, 6) is -1.03. The van der Waals surface area contributed by atoms with Crippen molar-refractivity contribution in [1.82, 2.24) is 4.98 Å². The molecule has 0 bridgehead atoms. The van der Waals surface area contributed by atoms with Gasteiger partial charge in [-0.15, -0.1) is 11.3 Å². The van der Waals surface area contributed by atoms with Crippen molar-refractivity contribution in [3.63, 3.8) is 0 Å². The van der Waals surface area contributed by atoms with E-state index in [1.165, 1.54) is 11.3 Å². The van der Waals surface area contributed by atoms with E-state index in [2.05, 4.69) is 15.6 Å². The molecule has 196 valence electrons. The molecule has 8 nitrogen and oxygen atoms in total. The number of nitrogens with one attached hydrogen (secondary N) is 2. The lowest BCUT2D eigenvalue weighted by Gasteiger charge is -2.16. The van der Waals surface area contributed by atoms with Crippen LogP contribution >= 0.6 is 34.5 Å². The molecule has 1 aliphatic rings. The predicted molar refractivity (Wildman–Crippen MR) is 154 cm³/mol. The molecule has 0 saturated heterocycles. The molecule has 11 heteroatoms. The first-order chi connectivity index (χ1) is 18.8. The lowest BCUT2D eigenvalue weighted by Crippen LogP contribution is -2.32. The fraction of sp³-hybridized carbons (Fsp3) is 0.0714. The van der Waals surface area contributed by atoms with Crippen LogP contribution in [-0.4, -0.2) is 29.3 Å². The van der Waals surface area contributed by atoms with Crippen molar-refractivity contribution in [2.75, 3.05) is 22.1 Å². The van der Waals surface area contributed by atoms with Gasteiger partial charge in [-0.3, -0.25) is 19.7 Å². The van der Waals surface area contributed by atoms with Crippen molar-refractivity contribution in [3.05, 3.63) is 99.5 Å². The van der Waals surface area contributed by atoms with Crippen LogP contribution < -0.4 is 20.3 Å². The van der Waals surface area contributed by atoms with Gasteiger partial charge in [-0.05, 0) is 61.5 Å². The van der Waals surface area contributed by atoms with Gasteiger partial charge in [0, 0.05) is 27.2 Å². The van der Waals surface area contributed by atoms with Gasteiger partial charge in [-0.2, -0.15) is 0 Å². The minimum absolute atomic E-state index is 0.0827. The second-order valence-electron chi connectivity index (χ2n) is 8.27. The zero-order valence-electron chi connectivity index (χ0n) is 20.4. The lowest BCUT2D eigenvalue weighted by atomic mass is 10.2. The predicted octanol–water partition coefficient (Wildman–Crippen LogP) is 6.55. The van der Waals surface area contributed by atoms with Crippen LogP contribution in [0.25, 0.3) is 11.3 Å².